The van der Waals surface area contributed by atoms with Crippen LogP contribution in [-0.2, 0) is 14.5 Å². The second-order valence-electron chi connectivity index (χ2n) is 4.07. The summed E-state index contributed by atoms with van der Waals surface area (Å²) in [6.45, 7) is 4.85. The number of hydrogen-bond donors (Lipinski definition) is 5. The van der Waals surface area contributed by atoms with Gasteiger partial charge < -0.3 is 26.6 Å². The summed E-state index contributed by atoms with van der Waals surface area (Å²) >= 11 is 0. The van der Waals surface area contributed by atoms with Gasteiger partial charge in [0.15, 0.2) is 0 Å². The molecule has 0 aliphatic rings. The zero-order chi connectivity index (χ0) is 15.9. The van der Waals surface area contributed by atoms with Crippen LogP contribution >= 0.6 is 21.6 Å². The molecule has 0 rings (SSSR count). The first-order chi connectivity index (χ1) is 9.20. The molecule has 0 fully saturated rings. The van der Waals surface area contributed by atoms with Gasteiger partial charge in [-0.1, -0.05) is 28.2 Å². The van der Waals surface area contributed by atoms with Crippen molar-refractivity contribution in [3.05, 3.63) is 12.3 Å². The Balaban J connectivity index is 4.66. The van der Waals surface area contributed by atoms with Gasteiger partial charge in [0.2, 0.25) is 0 Å². The highest BCUT2D eigenvalue weighted by atomic mass is 33.1. The summed E-state index contributed by atoms with van der Waals surface area (Å²) in [6, 6.07) is -1.54. The third-order valence-corrected chi connectivity index (χ3v) is 5.49. The standard InChI is InChI=1S/C10H18N2O6S2/c1-4(18-17)3-6(12)8(10(15)16)20-19-7(5(2)11)9(13)14/h5-8,17H,1,3,11-12H2,2H3,(H,13,14)(H,15,16). The first-order valence-corrected chi connectivity index (χ1v) is 7.76. The van der Waals surface area contributed by atoms with E-state index in [1.807, 2.05) is 0 Å². The van der Waals surface area contributed by atoms with Crippen molar-refractivity contribution in [3.8, 4) is 0 Å². The van der Waals surface area contributed by atoms with E-state index in [0.717, 1.165) is 21.6 Å². The molecule has 4 atom stereocenters. The van der Waals surface area contributed by atoms with Crippen LogP contribution in [-0.4, -0.2) is 50.0 Å². The smallest absolute Gasteiger partial charge is 0.319 e. The maximum atomic E-state index is 11.1. The molecule has 0 aliphatic heterocycles. The molecule has 4 unspecified atom stereocenters. The Morgan fingerprint density at radius 3 is 2.00 bits per heavy atom. The van der Waals surface area contributed by atoms with Crippen LogP contribution in [0.2, 0.25) is 0 Å². The number of aliphatic carboxylic acids is 2. The average Bonchev–Trinajstić information content (AvgIpc) is 2.32. The predicted molar refractivity (Wildman–Crippen MR) is 77.1 cm³/mol. The first kappa shape index (κ1) is 19.1. The molecule has 0 bridgehead atoms. The zero-order valence-electron chi connectivity index (χ0n) is 10.8. The Morgan fingerprint density at radius 2 is 1.65 bits per heavy atom. The lowest BCUT2D eigenvalue weighted by Gasteiger charge is -2.21. The van der Waals surface area contributed by atoms with Crippen LogP contribution in [0.25, 0.3) is 0 Å². The zero-order valence-corrected chi connectivity index (χ0v) is 12.4. The van der Waals surface area contributed by atoms with Crippen molar-refractivity contribution in [3.63, 3.8) is 0 Å². The van der Waals surface area contributed by atoms with Crippen molar-refractivity contribution in [2.24, 2.45) is 11.5 Å². The number of carboxylic acids is 2. The lowest BCUT2D eigenvalue weighted by molar-refractivity contribution is -0.205. The third-order valence-electron chi connectivity index (χ3n) is 2.21. The van der Waals surface area contributed by atoms with Crippen molar-refractivity contribution < 1.29 is 29.9 Å². The molecule has 0 aromatic carbocycles. The monoisotopic (exact) mass is 326 g/mol. The minimum atomic E-state index is -1.20. The molecule has 10 heteroatoms. The molecule has 0 radical (unpaired) electrons. The molecule has 0 spiro atoms. The van der Waals surface area contributed by atoms with Gasteiger partial charge in [0.1, 0.15) is 16.3 Å². The van der Waals surface area contributed by atoms with Gasteiger partial charge in [-0.25, -0.2) is 5.26 Å². The van der Waals surface area contributed by atoms with E-state index >= 15 is 0 Å². The van der Waals surface area contributed by atoms with Gasteiger partial charge in [-0.05, 0) is 6.92 Å². The predicted octanol–water partition coefficient (Wildman–Crippen LogP) is 0.342. The molecular formula is C10H18N2O6S2. The quantitative estimate of drug-likeness (QED) is 0.164. The number of hydrogen-bond acceptors (Lipinski definition) is 8. The summed E-state index contributed by atoms with van der Waals surface area (Å²) in [5, 5.41) is 24.4. The van der Waals surface area contributed by atoms with Crippen LogP contribution in [0.1, 0.15) is 13.3 Å². The second kappa shape index (κ2) is 9.08. The van der Waals surface area contributed by atoms with Gasteiger partial charge in [-0.15, -0.1) is 0 Å². The van der Waals surface area contributed by atoms with E-state index < -0.39 is 34.5 Å². The molecule has 0 heterocycles. The molecule has 0 aromatic heterocycles. The minimum absolute atomic E-state index is 0.0725. The summed E-state index contributed by atoms with van der Waals surface area (Å²) < 4.78 is 0. The highest BCUT2D eigenvalue weighted by molar-refractivity contribution is 8.77. The van der Waals surface area contributed by atoms with Crippen LogP contribution in [0, 0.1) is 0 Å². The summed E-state index contributed by atoms with van der Waals surface area (Å²) in [5.41, 5.74) is 11.2. The molecule has 0 saturated heterocycles. The average molecular weight is 326 g/mol. The highest BCUT2D eigenvalue weighted by Gasteiger charge is 2.31. The molecule has 7 N–H and O–H groups in total. The van der Waals surface area contributed by atoms with Crippen LogP contribution in [0.15, 0.2) is 12.3 Å². The van der Waals surface area contributed by atoms with E-state index in [1.54, 1.807) is 0 Å². The fourth-order valence-corrected chi connectivity index (χ4v) is 4.16. The molecule has 20 heavy (non-hydrogen) atoms. The Hall–Kier alpha value is -0.940. The molecule has 116 valence electrons. The van der Waals surface area contributed by atoms with E-state index in [1.165, 1.54) is 6.92 Å². The molecule has 0 amide bonds. The van der Waals surface area contributed by atoms with E-state index in [-0.39, 0.29) is 12.2 Å². The topological polar surface area (TPSA) is 156 Å². The van der Waals surface area contributed by atoms with Crippen molar-refractivity contribution in [1.82, 2.24) is 0 Å². The van der Waals surface area contributed by atoms with Crippen molar-refractivity contribution in [2.75, 3.05) is 0 Å². The van der Waals surface area contributed by atoms with Crippen molar-refractivity contribution in [1.29, 1.82) is 0 Å². The summed E-state index contributed by atoms with van der Waals surface area (Å²) in [6.07, 6.45) is -0.0725. The maximum Gasteiger partial charge on any atom is 0.319 e. The fraction of sp³-hybridized carbons (Fsp3) is 0.600. The van der Waals surface area contributed by atoms with Gasteiger partial charge in [0.25, 0.3) is 0 Å². The minimum Gasteiger partial charge on any atom is -0.480 e. The second-order valence-corrected chi connectivity index (χ2v) is 6.62. The van der Waals surface area contributed by atoms with E-state index in [4.69, 9.17) is 26.9 Å². The first-order valence-electron chi connectivity index (χ1n) is 5.48. The summed E-state index contributed by atoms with van der Waals surface area (Å²) in [5.74, 6) is -2.40. The van der Waals surface area contributed by atoms with Gasteiger partial charge in [-0.3, -0.25) is 9.59 Å². The van der Waals surface area contributed by atoms with E-state index in [0.29, 0.717) is 0 Å². The number of rotatable bonds is 10. The Bertz CT molecular complexity index is 366. The largest absolute Gasteiger partial charge is 0.480 e. The third kappa shape index (κ3) is 6.48. The Labute approximate surface area is 123 Å². The normalized spacial score (nSPS) is 16.8. The van der Waals surface area contributed by atoms with Gasteiger partial charge >= 0.3 is 11.9 Å². The Kier molecular flexibility index (Phi) is 8.65. The summed E-state index contributed by atoms with van der Waals surface area (Å²) in [4.78, 5) is 25.9. The van der Waals surface area contributed by atoms with E-state index in [2.05, 4.69) is 11.5 Å². The lowest BCUT2D eigenvalue weighted by Crippen LogP contribution is -2.39. The SMILES string of the molecule is C=C(CC(N)C(SSC(C(=O)O)C(C)N)C(=O)O)OO. The molecule has 0 saturated carbocycles. The van der Waals surface area contributed by atoms with Crippen molar-refractivity contribution >= 4 is 33.5 Å². The lowest BCUT2D eigenvalue weighted by atomic mass is 10.1. The van der Waals surface area contributed by atoms with Crippen LogP contribution in [0.5, 0.6) is 0 Å². The van der Waals surface area contributed by atoms with Crippen LogP contribution < -0.4 is 11.5 Å². The number of nitrogens with two attached hydrogens (primary N) is 2. The van der Waals surface area contributed by atoms with Gasteiger partial charge in [-0.2, -0.15) is 0 Å². The van der Waals surface area contributed by atoms with Crippen LogP contribution in [0.3, 0.4) is 0 Å². The molecule has 0 aliphatic carbocycles. The number of carbonyl (C=O) groups is 2. The summed E-state index contributed by atoms with van der Waals surface area (Å²) in [7, 11) is 1.64. The molecule has 0 aromatic rings. The molecular weight excluding hydrogens is 308 g/mol. The highest BCUT2D eigenvalue weighted by Crippen LogP contribution is 2.34. The van der Waals surface area contributed by atoms with Crippen molar-refractivity contribution in [2.45, 2.75) is 35.9 Å². The van der Waals surface area contributed by atoms with E-state index in [9.17, 15) is 9.59 Å². The Morgan fingerprint density at radius 1 is 1.20 bits per heavy atom. The van der Waals surface area contributed by atoms with Crippen LogP contribution in [0.4, 0.5) is 0 Å². The molecule has 8 nitrogen and oxygen atoms in total. The van der Waals surface area contributed by atoms with Gasteiger partial charge in [0.05, 0.1) is 0 Å². The van der Waals surface area contributed by atoms with Gasteiger partial charge in [0, 0.05) is 18.5 Å². The maximum absolute atomic E-state index is 11.1. The number of carboxylic acid groups (broad SMARTS) is 2. The fourth-order valence-electron chi connectivity index (χ4n) is 1.18.